The molecule has 2 aromatic heterocycles. The Hall–Kier alpha value is -2.49. The molecule has 1 amide bonds. The van der Waals surface area contributed by atoms with E-state index in [0.717, 1.165) is 23.3 Å². The van der Waals surface area contributed by atoms with Gasteiger partial charge in [-0.25, -0.2) is 8.42 Å². The van der Waals surface area contributed by atoms with Crippen LogP contribution < -0.4 is 5.32 Å². The first-order valence-electron chi connectivity index (χ1n) is 10.3. The van der Waals surface area contributed by atoms with E-state index in [0.29, 0.717) is 48.0 Å². The van der Waals surface area contributed by atoms with Crippen molar-refractivity contribution in [1.82, 2.24) is 19.4 Å². The second-order valence-electron chi connectivity index (χ2n) is 7.73. The molecule has 1 N–H and O–H groups in total. The summed E-state index contributed by atoms with van der Waals surface area (Å²) in [5.41, 5.74) is 2.70. The Bertz CT molecular complexity index is 1160. The highest BCUT2D eigenvalue weighted by molar-refractivity contribution is 7.89. The van der Waals surface area contributed by atoms with Crippen LogP contribution in [-0.2, 0) is 23.1 Å². The molecule has 1 fully saturated rings. The predicted octanol–water partition coefficient (Wildman–Crippen LogP) is 3.32. The topological polar surface area (TPSA) is 84.3 Å². The van der Waals surface area contributed by atoms with Gasteiger partial charge in [0.1, 0.15) is 4.90 Å². The maximum Gasteiger partial charge on any atom is 0.251 e. The lowest BCUT2D eigenvalue weighted by atomic mass is 10.1. The molecule has 0 unspecified atom stereocenters. The van der Waals surface area contributed by atoms with Gasteiger partial charge in [-0.1, -0.05) is 18.2 Å². The molecule has 0 atom stereocenters. The van der Waals surface area contributed by atoms with Crippen LogP contribution in [0.25, 0.3) is 0 Å². The number of sulfonamides is 1. The van der Waals surface area contributed by atoms with E-state index in [9.17, 15) is 13.2 Å². The largest absolute Gasteiger partial charge is 0.347 e. The van der Waals surface area contributed by atoms with Crippen LogP contribution in [0.3, 0.4) is 0 Å². The highest BCUT2D eigenvalue weighted by Crippen LogP contribution is 2.26. The summed E-state index contributed by atoms with van der Waals surface area (Å²) >= 11 is 1.61. The van der Waals surface area contributed by atoms with Gasteiger partial charge >= 0.3 is 0 Å². The number of carbonyl (C=O) groups excluding carboxylic acids is 1. The molecular weight excluding hydrogens is 432 g/mol. The Morgan fingerprint density at radius 1 is 1.13 bits per heavy atom. The molecule has 0 radical (unpaired) electrons. The van der Waals surface area contributed by atoms with Crippen molar-refractivity contribution < 1.29 is 13.2 Å². The lowest BCUT2D eigenvalue weighted by Crippen LogP contribution is -2.28. The second-order valence-corrected chi connectivity index (χ2v) is 10.6. The fourth-order valence-corrected chi connectivity index (χ4v) is 6.42. The molecule has 1 aliphatic rings. The van der Waals surface area contributed by atoms with Crippen LogP contribution in [0.1, 0.15) is 45.0 Å². The molecule has 0 spiro atoms. The monoisotopic (exact) mass is 458 g/mol. The van der Waals surface area contributed by atoms with Gasteiger partial charge in [0.05, 0.1) is 24.5 Å². The summed E-state index contributed by atoms with van der Waals surface area (Å²) in [5, 5.41) is 9.39. The molecule has 0 aliphatic carbocycles. The SMILES string of the molecule is Cc1nn(Cc2ccc(C(=O)NCc3cccs3)cc2)c(C)c1S(=O)(=O)N1CCCC1. The average Bonchev–Trinajstić information content (AvgIpc) is 3.50. The number of nitrogens with one attached hydrogen (secondary N) is 1. The van der Waals surface area contributed by atoms with E-state index < -0.39 is 10.0 Å². The Morgan fingerprint density at radius 2 is 1.84 bits per heavy atom. The van der Waals surface area contributed by atoms with E-state index in [1.165, 1.54) is 0 Å². The minimum atomic E-state index is -3.52. The Balaban J connectivity index is 1.46. The number of nitrogens with zero attached hydrogens (tertiary/aromatic N) is 3. The van der Waals surface area contributed by atoms with Crippen molar-refractivity contribution in [2.75, 3.05) is 13.1 Å². The first-order valence-corrected chi connectivity index (χ1v) is 12.6. The molecule has 164 valence electrons. The van der Waals surface area contributed by atoms with Crippen molar-refractivity contribution in [1.29, 1.82) is 0 Å². The number of hydrogen-bond acceptors (Lipinski definition) is 5. The molecule has 1 saturated heterocycles. The third-order valence-corrected chi connectivity index (χ3v) is 8.56. The van der Waals surface area contributed by atoms with Gasteiger partial charge in [-0.15, -0.1) is 11.3 Å². The number of aromatic nitrogens is 2. The summed E-state index contributed by atoms with van der Waals surface area (Å²) in [5.74, 6) is -0.120. The lowest BCUT2D eigenvalue weighted by molar-refractivity contribution is 0.0951. The first kappa shape index (κ1) is 21.7. The van der Waals surface area contributed by atoms with Gasteiger partial charge in [0, 0.05) is 23.5 Å². The number of hydrogen-bond donors (Lipinski definition) is 1. The van der Waals surface area contributed by atoms with Crippen molar-refractivity contribution >= 4 is 27.3 Å². The maximum atomic E-state index is 13.0. The number of carbonyl (C=O) groups is 1. The van der Waals surface area contributed by atoms with E-state index in [4.69, 9.17) is 0 Å². The van der Waals surface area contributed by atoms with Crippen LogP contribution in [0.5, 0.6) is 0 Å². The van der Waals surface area contributed by atoms with Crippen molar-refractivity contribution in [2.24, 2.45) is 0 Å². The van der Waals surface area contributed by atoms with Gasteiger partial charge in [0.15, 0.2) is 0 Å². The zero-order chi connectivity index (χ0) is 22.0. The van der Waals surface area contributed by atoms with Crippen molar-refractivity contribution in [3.63, 3.8) is 0 Å². The van der Waals surface area contributed by atoms with Gasteiger partial charge in [-0.05, 0) is 55.8 Å². The number of aryl methyl sites for hydroxylation is 1. The zero-order valence-electron chi connectivity index (χ0n) is 17.7. The standard InChI is InChI=1S/C22H26N4O3S2/c1-16-21(31(28,29)25-11-3-4-12-25)17(2)26(24-16)15-18-7-9-19(10-8-18)22(27)23-14-20-6-5-13-30-20/h5-10,13H,3-4,11-12,14-15H2,1-2H3,(H,23,27). The highest BCUT2D eigenvalue weighted by Gasteiger charge is 2.32. The Morgan fingerprint density at radius 3 is 2.48 bits per heavy atom. The van der Waals surface area contributed by atoms with Crippen molar-refractivity contribution in [3.05, 3.63) is 69.2 Å². The quantitative estimate of drug-likeness (QED) is 0.589. The van der Waals surface area contributed by atoms with Gasteiger partial charge < -0.3 is 5.32 Å². The van der Waals surface area contributed by atoms with Crippen LogP contribution in [0.2, 0.25) is 0 Å². The Kier molecular flexibility index (Phi) is 6.27. The summed E-state index contributed by atoms with van der Waals surface area (Å²) in [6, 6.07) is 11.3. The molecule has 0 saturated carbocycles. The summed E-state index contributed by atoms with van der Waals surface area (Å²) < 4.78 is 29.4. The predicted molar refractivity (Wildman–Crippen MR) is 121 cm³/mol. The molecule has 1 aliphatic heterocycles. The van der Waals surface area contributed by atoms with E-state index in [1.54, 1.807) is 46.3 Å². The van der Waals surface area contributed by atoms with Crippen LogP contribution in [0.4, 0.5) is 0 Å². The van der Waals surface area contributed by atoms with Gasteiger partial charge in [-0.3, -0.25) is 9.48 Å². The number of amides is 1. The van der Waals surface area contributed by atoms with Crippen LogP contribution in [-0.4, -0.2) is 41.5 Å². The number of rotatable bonds is 7. The fourth-order valence-electron chi connectivity index (χ4n) is 3.88. The molecular formula is C22H26N4O3S2. The normalized spacial score (nSPS) is 14.8. The minimum absolute atomic E-state index is 0.120. The average molecular weight is 459 g/mol. The molecule has 3 aromatic rings. The second kappa shape index (κ2) is 8.94. The molecule has 3 heterocycles. The third kappa shape index (κ3) is 4.58. The summed E-state index contributed by atoms with van der Waals surface area (Å²) in [4.78, 5) is 13.8. The first-order chi connectivity index (χ1) is 14.9. The minimum Gasteiger partial charge on any atom is -0.347 e. The number of thiophene rings is 1. The van der Waals surface area contributed by atoms with Crippen LogP contribution in [0.15, 0.2) is 46.7 Å². The Labute approximate surface area is 186 Å². The third-order valence-electron chi connectivity index (χ3n) is 5.53. The van der Waals surface area contributed by atoms with Crippen molar-refractivity contribution in [3.8, 4) is 0 Å². The van der Waals surface area contributed by atoms with Crippen molar-refractivity contribution in [2.45, 2.75) is 44.7 Å². The van der Waals surface area contributed by atoms with Gasteiger partial charge in [-0.2, -0.15) is 9.40 Å². The molecule has 31 heavy (non-hydrogen) atoms. The van der Waals surface area contributed by atoms with Gasteiger partial charge in [0.2, 0.25) is 10.0 Å². The fraction of sp³-hybridized carbons (Fsp3) is 0.364. The molecule has 9 heteroatoms. The van der Waals surface area contributed by atoms with Crippen LogP contribution >= 0.6 is 11.3 Å². The zero-order valence-corrected chi connectivity index (χ0v) is 19.3. The molecule has 4 rings (SSSR count). The highest BCUT2D eigenvalue weighted by atomic mass is 32.2. The molecule has 7 nitrogen and oxygen atoms in total. The van der Waals surface area contributed by atoms with E-state index >= 15 is 0 Å². The van der Waals surface area contributed by atoms with Crippen LogP contribution in [0, 0.1) is 13.8 Å². The lowest BCUT2D eigenvalue weighted by Gasteiger charge is -2.15. The summed E-state index contributed by atoms with van der Waals surface area (Å²) in [6.07, 6.45) is 1.80. The van der Waals surface area contributed by atoms with E-state index in [1.807, 2.05) is 29.6 Å². The van der Waals surface area contributed by atoms with E-state index in [2.05, 4.69) is 10.4 Å². The summed E-state index contributed by atoms with van der Waals surface area (Å²) in [7, 11) is -3.52. The smallest absolute Gasteiger partial charge is 0.251 e. The van der Waals surface area contributed by atoms with E-state index in [-0.39, 0.29) is 5.91 Å². The van der Waals surface area contributed by atoms with Gasteiger partial charge in [0.25, 0.3) is 5.91 Å². The molecule has 1 aromatic carbocycles. The summed E-state index contributed by atoms with van der Waals surface area (Å²) in [6.45, 7) is 5.64. The number of benzene rings is 1. The maximum absolute atomic E-state index is 13.0. The molecule has 0 bridgehead atoms.